The first kappa shape index (κ1) is 12.7. The summed E-state index contributed by atoms with van der Waals surface area (Å²) in [7, 11) is 1.85. The second-order valence-corrected chi connectivity index (χ2v) is 4.88. The first-order chi connectivity index (χ1) is 9.65. The van der Waals surface area contributed by atoms with Crippen molar-refractivity contribution in [3.63, 3.8) is 0 Å². The van der Waals surface area contributed by atoms with E-state index in [2.05, 4.69) is 24.8 Å². The Kier molecular flexibility index (Phi) is 3.17. The van der Waals surface area contributed by atoms with Gasteiger partial charge in [-0.2, -0.15) is 0 Å². The molecule has 0 unspecified atom stereocenters. The molecule has 2 aromatic heterocycles. The van der Waals surface area contributed by atoms with Crippen molar-refractivity contribution >= 4 is 11.6 Å². The molecular formula is C13H15FN6. The number of halogens is 1. The van der Waals surface area contributed by atoms with Gasteiger partial charge in [-0.1, -0.05) is 0 Å². The van der Waals surface area contributed by atoms with Gasteiger partial charge in [0.05, 0.1) is 12.2 Å². The Labute approximate surface area is 116 Å². The summed E-state index contributed by atoms with van der Waals surface area (Å²) in [5, 5.41) is 0. The summed E-state index contributed by atoms with van der Waals surface area (Å²) in [6, 6.07) is 2.16. The third-order valence-corrected chi connectivity index (χ3v) is 3.51. The summed E-state index contributed by atoms with van der Waals surface area (Å²) >= 11 is 0. The number of rotatable bonds is 3. The largest absolute Gasteiger partial charge is 0.352 e. The highest BCUT2D eigenvalue weighted by Gasteiger charge is 2.32. The minimum atomic E-state index is -0.397. The van der Waals surface area contributed by atoms with Gasteiger partial charge in [0.25, 0.3) is 0 Å². The predicted octanol–water partition coefficient (Wildman–Crippen LogP) is 1.04. The summed E-state index contributed by atoms with van der Waals surface area (Å²) in [6.07, 6.45) is 4.11. The molecule has 1 aliphatic rings. The van der Waals surface area contributed by atoms with Crippen molar-refractivity contribution < 1.29 is 4.39 Å². The fourth-order valence-electron chi connectivity index (χ4n) is 2.24. The van der Waals surface area contributed by atoms with Crippen LogP contribution >= 0.6 is 0 Å². The Balaban J connectivity index is 1.67. The lowest BCUT2D eigenvalue weighted by Gasteiger charge is -2.45. The highest BCUT2D eigenvalue weighted by Crippen LogP contribution is 2.24. The van der Waals surface area contributed by atoms with Crippen LogP contribution in [0.2, 0.25) is 0 Å². The van der Waals surface area contributed by atoms with Crippen LogP contribution in [0.4, 0.5) is 16.0 Å². The minimum absolute atomic E-state index is 0.217. The van der Waals surface area contributed by atoms with Crippen molar-refractivity contribution in [2.24, 2.45) is 0 Å². The molecular weight excluding hydrogens is 259 g/mol. The standard InChI is InChI=1S/C13H15FN6/c1-9-3-12(17-8-16-9)20-5-10(6-20)19(2)13-11(14)4-15-7-18-13/h3-4,7-8,10H,5-6H2,1-2H3. The zero-order chi connectivity index (χ0) is 14.1. The number of nitrogens with zero attached hydrogens (tertiary/aromatic N) is 6. The van der Waals surface area contributed by atoms with E-state index in [-0.39, 0.29) is 6.04 Å². The summed E-state index contributed by atoms with van der Waals surface area (Å²) in [4.78, 5) is 20.0. The SMILES string of the molecule is Cc1cc(N2CC(N(C)c3ncncc3F)C2)ncn1. The van der Waals surface area contributed by atoms with E-state index in [1.54, 1.807) is 6.33 Å². The Bertz CT molecular complexity index is 613. The molecule has 0 atom stereocenters. The number of hydrogen-bond acceptors (Lipinski definition) is 6. The smallest absolute Gasteiger partial charge is 0.183 e. The van der Waals surface area contributed by atoms with Gasteiger partial charge in [-0.25, -0.2) is 24.3 Å². The molecule has 0 amide bonds. The molecule has 3 heterocycles. The molecule has 0 saturated carbocycles. The molecule has 6 nitrogen and oxygen atoms in total. The third-order valence-electron chi connectivity index (χ3n) is 3.51. The second-order valence-electron chi connectivity index (χ2n) is 4.88. The lowest BCUT2D eigenvalue weighted by molar-refractivity contribution is 0.480. The van der Waals surface area contributed by atoms with E-state index in [4.69, 9.17) is 0 Å². The molecule has 0 bridgehead atoms. The Morgan fingerprint density at radius 2 is 2.05 bits per heavy atom. The Morgan fingerprint density at radius 1 is 1.25 bits per heavy atom. The van der Waals surface area contributed by atoms with E-state index in [9.17, 15) is 4.39 Å². The van der Waals surface area contributed by atoms with Crippen LogP contribution < -0.4 is 9.80 Å². The fourth-order valence-corrected chi connectivity index (χ4v) is 2.24. The molecule has 0 N–H and O–H groups in total. The average molecular weight is 274 g/mol. The van der Waals surface area contributed by atoms with Crippen molar-refractivity contribution in [1.82, 2.24) is 19.9 Å². The highest BCUT2D eigenvalue weighted by molar-refractivity contribution is 5.48. The minimum Gasteiger partial charge on any atom is -0.352 e. The summed E-state index contributed by atoms with van der Waals surface area (Å²) in [5.74, 6) is 0.847. The molecule has 1 fully saturated rings. The fraction of sp³-hybridized carbons (Fsp3) is 0.385. The first-order valence-electron chi connectivity index (χ1n) is 6.37. The molecule has 0 radical (unpaired) electrons. The molecule has 2 aromatic rings. The van der Waals surface area contributed by atoms with Crippen molar-refractivity contribution in [3.05, 3.63) is 36.4 Å². The van der Waals surface area contributed by atoms with Gasteiger partial charge in [-0.15, -0.1) is 0 Å². The molecule has 104 valence electrons. The molecule has 3 rings (SSSR count). The van der Waals surface area contributed by atoms with Crippen molar-refractivity contribution in [2.45, 2.75) is 13.0 Å². The Morgan fingerprint density at radius 3 is 2.75 bits per heavy atom. The van der Waals surface area contributed by atoms with Gasteiger partial charge in [0.2, 0.25) is 0 Å². The van der Waals surface area contributed by atoms with Gasteiger partial charge in [0.15, 0.2) is 11.6 Å². The van der Waals surface area contributed by atoms with E-state index in [0.29, 0.717) is 5.82 Å². The van der Waals surface area contributed by atoms with Gasteiger partial charge in [-0.3, -0.25) is 0 Å². The average Bonchev–Trinajstić information content (AvgIpc) is 2.37. The number of aromatic nitrogens is 4. The van der Waals surface area contributed by atoms with Gasteiger partial charge >= 0.3 is 0 Å². The highest BCUT2D eigenvalue weighted by atomic mass is 19.1. The van der Waals surface area contributed by atoms with E-state index in [1.807, 2.05) is 24.9 Å². The van der Waals surface area contributed by atoms with Crippen LogP contribution in [-0.4, -0.2) is 46.1 Å². The maximum atomic E-state index is 13.6. The topological polar surface area (TPSA) is 58.0 Å². The monoisotopic (exact) mass is 274 g/mol. The van der Waals surface area contributed by atoms with Gasteiger partial charge < -0.3 is 9.80 Å². The van der Waals surface area contributed by atoms with E-state index >= 15 is 0 Å². The Hall–Kier alpha value is -2.31. The maximum absolute atomic E-state index is 13.6. The van der Waals surface area contributed by atoms with Crippen LogP contribution in [0.25, 0.3) is 0 Å². The van der Waals surface area contributed by atoms with Gasteiger partial charge in [0, 0.05) is 31.9 Å². The zero-order valence-corrected chi connectivity index (χ0v) is 11.4. The van der Waals surface area contributed by atoms with E-state index in [1.165, 1.54) is 12.5 Å². The molecule has 20 heavy (non-hydrogen) atoms. The van der Waals surface area contributed by atoms with E-state index < -0.39 is 5.82 Å². The number of likely N-dealkylation sites (N-methyl/N-ethyl adjacent to an activating group) is 1. The molecule has 1 aliphatic heterocycles. The second kappa shape index (κ2) is 4.99. The van der Waals surface area contributed by atoms with Crippen LogP contribution in [0.15, 0.2) is 24.9 Å². The molecule has 1 saturated heterocycles. The summed E-state index contributed by atoms with van der Waals surface area (Å²) in [5.41, 5.74) is 0.939. The van der Waals surface area contributed by atoms with Crippen LogP contribution in [0.5, 0.6) is 0 Å². The lowest BCUT2D eigenvalue weighted by atomic mass is 10.1. The molecule has 7 heteroatoms. The predicted molar refractivity (Wildman–Crippen MR) is 73.2 cm³/mol. The molecule has 0 aliphatic carbocycles. The maximum Gasteiger partial charge on any atom is 0.183 e. The van der Waals surface area contributed by atoms with E-state index in [0.717, 1.165) is 24.6 Å². The van der Waals surface area contributed by atoms with Crippen LogP contribution in [0, 0.1) is 12.7 Å². The zero-order valence-electron chi connectivity index (χ0n) is 11.4. The summed E-state index contributed by atoms with van der Waals surface area (Å²) in [6.45, 7) is 3.51. The number of anilines is 2. The van der Waals surface area contributed by atoms with Gasteiger partial charge in [0.1, 0.15) is 18.5 Å². The lowest BCUT2D eigenvalue weighted by Crippen LogP contribution is -2.59. The van der Waals surface area contributed by atoms with Crippen molar-refractivity contribution in [1.29, 1.82) is 0 Å². The summed E-state index contributed by atoms with van der Waals surface area (Å²) < 4.78 is 13.6. The molecule has 0 spiro atoms. The number of hydrogen-bond donors (Lipinski definition) is 0. The number of aryl methyl sites for hydroxylation is 1. The van der Waals surface area contributed by atoms with Crippen LogP contribution in [0.1, 0.15) is 5.69 Å². The van der Waals surface area contributed by atoms with Crippen molar-refractivity contribution in [3.8, 4) is 0 Å². The van der Waals surface area contributed by atoms with Crippen LogP contribution in [-0.2, 0) is 0 Å². The third kappa shape index (κ3) is 2.26. The van der Waals surface area contributed by atoms with Gasteiger partial charge in [-0.05, 0) is 6.92 Å². The van der Waals surface area contributed by atoms with Crippen LogP contribution in [0.3, 0.4) is 0 Å². The molecule has 0 aromatic carbocycles. The quantitative estimate of drug-likeness (QED) is 0.833. The first-order valence-corrected chi connectivity index (χ1v) is 6.37. The normalized spacial score (nSPS) is 15.1. The van der Waals surface area contributed by atoms with Crippen molar-refractivity contribution in [2.75, 3.05) is 29.9 Å².